The van der Waals surface area contributed by atoms with Crippen molar-refractivity contribution >= 4 is 55.0 Å². The molecule has 0 saturated heterocycles. The lowest BCUT2D eigenvalue weighted by atomic mass is 10.0. The number of halogens is 1. The fraction of sp³-hybridized carbons (Fsp3) is 0.0526. The van der Waals surface area contributed by atoms with Gasteiger partial charge in [-0.3, -0.25) is 10.1 Å². The summed E-state index contributed by atoms with van der Waals surface area (Å²) in [6, 6.07) is 17.2. The van der Waals surface area contributed by atoms with Gasteiger partial charge in [-0.15, -0.1) is 0 Å². The van der Waals surface area contributed by atoms with Crippen LogP contribution < -0.4 is 5.32 Å². The quantitative estimate of drug-likeness (QED) is 0.505. The number of anilines is 1. The van der Waals surface area contributed by atoms with E-state index in [-0.39, 0.29) is 5.91 Å². The molecule has 4 rings (SSSR count). The average Bonchev–Trinajstić information content (AvgIpc) is 2.96. The SMILES string of the molecule is Cc1ccc2nc(NC(=O)c3cccc4c(Cl)cccc34)sc2c1. The van der Waals surface area contributed by atoms with Crippen molar-refractivity contribution in [3.63, 3.8) is 0 Å². The molecule has 0 spiro atoms. The first-order valence-electron chi connectivity index (χ1n) is 7.47. The van der Waals surface area contributed by atoms with Crippen LogP contribution in [0.4, 0.5) is 5.13 Å². The Bertz CT molecular complexity index is 1090. The summed E-state index contributed by atoms with van der Waals surface area (Å²) in [4.78, 5) is 17.2. The molecule has 1 N–H and O–H groups in total. The van der Waals surface area contributed by atoms with Gasteiger partial charge in [0.1, 0.15) is 0 Å². The first kappa shape index (κ1) is 15.1. The predicted octanol–water partition coefficient (Wildman–Crippen LogP) is 5.66. The van der Waals surface area contributed by atoms with Gasteiger partial charge in [0.25, 0.3) is 5.91 Å². The standard InChI is InChI=1S/C19H13ClN2OS/c1-11-8-9-16-17(10-11)24-19(21-16)22-18(23)14-6-2-5-13-12(14)4-3-7-15(13)20/h2-10H,1H3,(H,21,22,23). The van der Waals surface area contributed by atoms with Crippen molar-refractivity contribution in [2.24, 2.45) is 0 Å². The molecule has 0 saturated carbocycles. The molecule has 3 nitrogen and oxygen atoms in total. The zero-order chi connectivity index (χ0) is 16.7. The van der Waals surface area contributed by atoms with Gasteiger partial charge >= 0.3 is 0 Å². The molecule has 1 aromatic heterocycles. The van der Waals surface area contributed by atoms with Crippen LogP contribution >= 0.6 is 22.9 Å². The highest BCUT2D eigenvalue weighted by molar-refractivity contribution is 7.22. The van der Waals surface area contributed by atoms with E-state index in [1.54, 1.807) is 6.07 Å². The molecule has 24 heavy (non-hydrogen) atoms. The minimum absolute atomic E-state index is 0.182. The number of fused-ring (bicyclic) bond motifs is 2. The Balaban J connectivity index is 1.72. The average molecular weight is 353 g/mol. The lowest BCUT2D eigenvalue weighted by molar-refractivity contribution is 0.102. The van der Waals surface area contributed by atoms with E-state index in [4.69, 9.17) is 11.6 Å². The molecular weight excluding hydrogens is 340 g/mol. The highest BCUT2D eigenvalue weighted by Crippen LogP contribution is 2.29. The van der Waals surface area contributed by atoms with Crippen molar-refractivity contribution in [2.75, 3.05) is 5.32 Å². The summed E-state index contributed by atoms with van der Waals surface area (Å²) in [5, 5.41) is 5.84. The van der Waals surface area contributed by atoms with Gasteiger partial charge in [0.05, 0.1) is 10.2 Å². The van der Waals surface area contributed by atoms with Gasteiger partial charge in [-0.05, 0) is 42.1 Å². The van der Waals surface area contributed by atoms with Gasteiger partial charge in [0.2, 0.25) is 0 Å². The van der Waals surface area contributed by atoms with Gasteiger partial charge in [-0.25, -0.2) is 4.98 Å². The first-order chi connectivity index (χ1) is 11.6. The maximum Gasteiger partial charge on any atom is 0.258 e. The van der Waals surface area contributed by atoms with Gasteiger partial charge in [0.15, 0.2) is 5.13 Å². The van der Waals surface area contributed by atoms with Crippen molar-refractivity contribution < 1.29 is 4.79 Å². The number of amides is 1. The van der Waals surface area contributed by atoms with Crippen LogP contribution in [0.3, 0.4) is 0 Å². The highest BCUT2D eigenvalue weighted by atomic mass is 35.5. The van der Waals surface area contributed by atoms with Gasteiger partial charge in [-0.2, -0.15) is 0 Å². The molecule has 118 valence electrons. The van der Waals surface area contributed by atoms with E-state index in [1.165, 1.54) is 16.9 Å². The molecule has 1 heterocycles. The Morgan fingerprint density at radius 1 is 1.08 bits per heavy atom. The van der Waals surface area contributed by atoms with E-state index < -0.39 is 0 Å². The summed E-state index contributed by atoms with van der Waals surface area (Å²) in [7, 11) is 0. The van der Waals surface area contributed by atoms with Crippen LogP contribution in [0.1, 0.15) is 15.9 Å². The number of rotatable bonds is 2. The lowest BCUT2D eigenvalue weighted by Crippen LogP contribution is -2.12. The normalized spacial score (nSPS) is 11.1. The number of thiazole rings is 1. The monoisotopic (exact) mass is 352 g/mol. The molecule has 0 radical (unpaired) electrons. The molecule has 0 aliphatic rings. The molecule has 0 unspecified atom stereocenters. The summed E-state index contributed by atoms with van der Waals surface area (Å²) < 4.78 is 1.06. The van der Waals surface area contributed by atoms with Crippen molar-refractivity contribution in [1.29, 1.82) is 0 Å². The maximum atomic E-state index is 12.7. The van der Waals surface area contributed by atoms with E-state index in [2.05, 4.69) is 16.4 Å². The topological polar surface area (TPSA) is 42.0 Å². The molecule has 0 aliphatic heterocycles. The second-order valence-electron chi connectivity index (χ2n) is 5.58. The van der Waals surface area contributed by atoms with Crippen LogP contribution in [-0.4, -0.2) is 10.9 Å². The van der Waals surface area contributed by atoms with E-state index in [0.717, 1.165) is 21.0 Å². The second-order valence-corrected chi connectivity index (χ2v) is 7.02. The van der Waals surface area contributed by atoms with Crippen LogP contribution in [-0.2, 0) is 0 Å². The van der Waals surface area contributed by atoms with Crippen LogP contribution in [0.5, 0.6) is 0 Å². The number of nitrogens with one attached hydrogen (secondary N) is 1. The number of benzene rings is 3. The Morgan fingerprint density at radius 2 is 1.88 bits per heavy atom. The third kappa shape index (κ3) is 2.64. The molecule has 3 aromatic carbocycles. The number of aromatic nitrogens is 1. The van der Waals surface area contributed by atoms with Gasteiger partial charge < -0.3 is 0 Å². The fourth-order valence-electron chi connectivity index (χ4n) is 2.72. The Kier molecular flexibility index (Phi) is 3.71. The van der Waals surface area contributed by atoms with Crippen molar-refractivity contribution in [3.8, 4) is 0 Å². The number of hydrogen-bond acceptors (Lipinski definition) is 3. The summed E-state index contributed by atoms with van der Waals surface area (Å²) in [5.74, 6) is -0.182. The minimum atomic E-state index is -0.182. The van der Waals surface area contributed by atoms with Crippen LogP contribution in [0.15, 0.2) is 54.6 Å². The molecule has 0 atom stereocenters. The number of nitrogens with zero attached hydrogens (tertiary/aromatic N) is 1. The van der Waals surface area contributed by atoms with Crippen LogP contribution in [0.2, 0.25) is 5.02 Å². The van der Waals surface area contributed by atoms with Crippen molar-refractivity contribution in [1.82, 2.24) is 4.98 Å². The maximum absolute atomic E-state index is 12.7. The van der Waals surface area contributed by atoms with Gasteiger partial charge in [0, 0.05) is 16.0 Å². The second kappa shape index (κ2) is 5.89. The van der Waals surface area contributed by atoms with Crippen LogP contribution in [0, 0.1) is 6.92 Å². The molecule has 0 bridgehead atoms. The predicted molar refractivity (Wildman–Crippen MR) is 101 cm³/mol. The Labute approximate surface area is 147 Å². The zero-order valence-corrected chi connectivity index (χ0v) is 14.4. The van der Waals surface area contributed by atoms with E-state index in [9.17, 15) is 4.79 Å². The number of carbonyl (C=O) groups excluding carboxylic acids is 1. The van der Waals surface area contributed by atoms with E-state index in [0.29, 0.717) is 15.7 Å². The summed E-state index contributed by atoms with van der Waals surface area (Å²) in [5.41, 5.74) is 2.65. The number of hydrogen-bond donors (Lipinski definition) is 1. The summed E-state index contributed by atoms with van der Waals surface area (Å²) in [6.45, 7) is 2.04. The largest absolute Gasteiger partial charge is 0.298 e. The summed E-state index contributed by atoms with van der Waals surface area (Å²) in [6.07, 6.45) is 0. The third-order valence-electron chi connectivity index (χ3n) is 3.88. The minimum Gasteiger partial charge on any atom is -0.298 e. The van der Waals surface area contributed by atoms with Gasteiger partial charge in [-0.1, -0.05) is 53.3 Å². The lowest BCUT2D eigenvalue weighted by Gasteiger charge is -2.07. The van der Waals surface area contributed by atoms with Crippen LogP contribution in [0.25, 0.3) is 21.0 Å². The zero-order valence-electron chi connectivity index (χ0n) is 12.8. The van der Waals surface area contributed by atoms with Crippen molar-refractivity contribution in [2.45, 2.75) is 6.92 Å². The molecular formula is C19H13ClN2OS. The first-order valence-corrected chi connectivity index (χ1v) is 8.67. The Hall–Kier alpha value is -2.43. The molecule has 0 aliphatic carbocycles. The number of carbonyl (C=O) groups is 1. The fourth-order valence-corrected chi connectivity index (χ4v) is 3.92. The van der Waals surface area contributed by atoms with E-state index in [1.807, 2.05) is 49.4 Å². The molecule has 0 fully saturated rings. The smallest absolute Gasteiger partial charge is 0.258 e. The highest BCUT2D eigenvalue weighted by Gasteiger charge is 2.13. The molecule has 4 aromatic rings. The third-order valence-corrected chi connectivity index (χ3v) is 5.14. The molecule has 1 amide bonds. The molecule has 5 heteroatoms. The summed E-state index contributed by atoms with van der Waals surface area (Å²) >= 11 is 7.69. The number of aryl methyl sites for hydroxylation is 1. The van der Waals surface area contributed by atoms with E-state index >= 15 is 0 Å². The van der Waals surface area contributed by atoms with Crippen molar-refractivity contribution in [3.05, 3.63) is 70.7 Å². The Morgan fingerprint density at radius 3 is 2.75 bits per heavy atom.